The molecule has 1 aromatic rings. The van der Waals surface area contributed by atoms with Gasteiger partial charge in [-0.25, -0.2) is 4.39 Å². The van der Waals surface area contributed by atoms with E-state index >= 15 is 0 Å². The minimum atomic E-state index is -0.484. The quantitative estimate of drug-likeness (QED) is 0.900. The average molecular weight is 259 g/mol. The molecule has 0 bridgehead atoms. The second kappa shape index (κ2) is 4.46. The molecule has 2 nitrogen and oxygen atoms in total. The molecule has 1 N–H and O–H groups in total. The van der Waals surface area contributed by atoms with Gasteiger partial charge in [-0.15, -0.1) is 0 Å². The summed E-state index contributed by atoms with van der Waals surface area (Å²) in [6.45, 7) is 4.00. The molecule has 0 radical (unpaired) electrons. The monoisotopic (exact) mass is 258 g/mol. The van der Waals surface area contributed by atoms with Gasteiger partial charge < -0.3 is 9.84 Å². The van der Waals surface area contributed by atoms with Crippen molar-refractivity contribution in [2.45, 2.75) is 38.9 Å². The van der Waals surface area contributed by atoms with Gasteiger partial charge in [-0.1, -0.05) is 25.4 Å². The van der Waals surface area contributed by atoms with E-state index in [1.807, 2.05) is 13.8 Å². The summed E-state index contributed by atoms with van der Waals surface area (Å²) in [4.78, 5) is 0. The molecule has 3 unspecified atom stereocenters. The topological polar surface area (TPSA) is 29.5 Å². The average Bonchev–Trinajstić information content (AvgIpc) is 2.32. The molecule has 4 heteroatoms. The molecule has 0 aliphatic heterocycles. The number of aliphatic hydroxyl groups excluding tert-OH is 1. The van der Waals surface area contributed by atoms with Crippen LogP contribution >= 0.6 is 11.6 Å². The molecule has 0 aromatic heterocycles. The normalized spacial score (nSPS) is 32.1. The summed E-state index contributed by atoms with van der Waals surface area (Å²) in [5.41, 5.74) is -0.240. The van der Waals surface area contributed by atoms with Crippen molar-refractivity contribution in [3.05, 3.63) is 29.0 Å². The molecule has 1 fully saturated rings. The second-order valence-corrected chi connectivity index (χ2v) is 5.20. The van der Waals surface area contributed by atoms with Gasteiger partial charge in [-0.3, -0.25) is 0 Å². The Kier molecular flexibility index (Phi) is 3.32. The number of benzene rings is 1. The second-order valence-electron chi connectivity index (χ2n) is 4.79. The van der Waals surface area contributed by atoms with Crippen molar-refractivity contribution in [1.29, 1.82) is 0 Å². The van der Waals surface area contributed by atoms with Crippen LogP contribution in [0.5, 0.6) is 5.75 Å². The Labute approximate surface area is 105 Å². The van der Waals surface area contributed by atoms with Crippen LogP contribution in [0.15, 0.2) is 18.2 Å². The first kappa shape index (κ1) is 12.7. The van der Waals surface area contributed by atoms with Crippen molar-refractivity contribution in [2.24, 2.45) is 5.41 Å². The van der Waals surface area contributed by atoms with Crippen LogP contribution in [0.2, 0.25) is 5.02 Å². The number of rotatable bonds is 3. The van der Waals surface area contributed by atoms with Crippen LogP contribution in [0.25, 0.3) is 0 Å². The van der Waals surface area contributed by atoms with Gasteiger partial charge in [-0.05, 0) is 18.6 Å². The lowest BCUT2D eigenvalue weighted by molar-refractivity contribution is -0.147. The van der Waals surface area contributed by atoms with E-state index in [4.69, 9.17) is 16.3 Å². The predicted molar refractivity (Wildman–Crippen MR) is 64.8 cm³/mol. The molecule has 1 aliphatic rings. The smallest absolute Gasteiger partial charge is 0.145 e. The molecule has 94 valence electrons. The van der Waals surface area contributed by atoms with Gasteiger partial charge in [0.05, 0.1) is 11.1 Å². The molecule has 1 saturated carbocycles. The summed E-state index contributed by atoms with van der Waals surface area (Å²) in [6.07, 6.45) is 1.02. The minimum absolute atomic E-state index is 0.0666. The van der Waals surface area contributed by atoms with Gasteiger partial charge in [0, 0.05) is 17.9 Å². The van der Waals surface area contributed by atoms with Crippen LogP contribution < -0.4 is 4.74 Å². The molecule has 0 saturated heterocycles. The highest BCUT2D eigenvalue weighted by Gasteiger charge is 2.51. The first-order valence-electron chi connectivity index (χ1n) is 5.77. The van der Waals surface area contributed by atoms with Crippen molar-refractivity contribution >= 4 is 11.6 Å². The Bertz CT molecular complexity index is 424. The lowest BCUT2D eigenvalue weighted by atomic mass is 9.63. The summed E-state index contributed by atoms with van der Waals surface area (Å²) in [5, 5.41) is 9.83. The SMILES string of the molecule is CCC1(C)C(O)CC1Oc1ccc(Cl)c(F)c1. The third-order valence-electron chi connectivity index (χ3n) is 3.87. The largest absolute Gasteiger partial charge is 0.490 e. The molecule has 2 rings (SSSR count). The first-order chi connectivity index (χ1) is 7.97. The Morgan fingerprint density at radius 3 is 2.82 bits per heavy atom. The Morgan fingerprint density at radius 2 is 2.29 bits per heavy atom. The lowest BCUT2D eigenvalue weighted by Gasteiger charge is -2.50. The molecular formula is C13H16ClFO2. The summed E-state index contributed by atoms with van der Waals surface area (Å²) < 4.78 is 18.9. The van der Waals surface area contributed by atoms with Gasteiger partial charge in [0.25, 0.3) is 0 Å². The third-order valence-corrected chi connectivity index (χ3v) is 4.17. The maximum Gasteiger partial charge on any atom is 0.145 e. The fourth-order valence-corrected chi connectivity index (χ4v) is 2.27. The molecular weight excluding hydrogens is 243 g/mol. The summed E-state index contributed by atoms with van der Waals surface area (Å²) in [5.74, 6) is -0.0225. The number of halogens is 2. The highest BCUT2D eigenvalue weighted by atomic mass is 35.5. The zero-order valence-electron chi connectivity index (χ0n) is 9.91. The van der Waals surface area contributed by atoms with Crippen LogP contribution in [0, 0.1) is 11.2 Å². The zero-order valence-corrected chi connectivity index (χ0v) is 10.7. The molecule has 0 spiro atoms. The summed E-state index contributed by atoms with van der Waals surface area (Å²) >= 11 is 5.60. The van der Waals surface area contributed by atoms with E-state index in [-0.39, 0.29) is 22.6 Å². The highest BCUT2D eigenvalue weighted by Crippen LogP contribution is 2.46. The van der Waals surface area contributed by atoms with Crippen molar-refractivity contribution in [3.8, 4) is 5.75 Å². The summed E-state index contributed by atoms with van der Waals surface area (Å²) in [6, 6.07) is 4.40. The first-order valence-corrected chi connectivity index (χ1v) is 6.15. The van der Waals surface area contributed by atoms with E-state index in [2.05, 4.69) is 0 Å². The number of aliphatic hydroxyl groups is 1. The van der Waals surface area contributed by atoms with Crippen molar-refractivity contribution in [2.75, 3.05) is 0 Å². The van der Waals surface area contributed by atoms with E-state index in [0.29, 0.717) is 12.2 Å². The van der Waals surface area contributed by atoms with E-state index < -0.39 is 5.82 Å². The van der Waals surface area contributed by atoms with Crippen LogP contribution in [-0.4, -0.2) is 17.3 Å². The maximum absolute atomic E-state index is 13.2. The third kappa shape index (κ3) is 2.14. The van der Waals surface area contributed by atoms with Crippen LogP contribution in [0.4, 0.5) is 4.39 Å². The minimum Gasteiger partial charge on any atom is -0.490 e. The molecule has 1 aliphatic carbocycles. The number of ether oxygens (including phenoxy) is 1. The van der Waals surface area contributed by atoms with E-state index in [1.54, 1.807) is 6.07 Å². The number of hydrogen-bond donors (Lipinski definition) is 1. The molecule has 1 aromatic carbocycles. The fraction of sp³-hybridized carbons (Fsp3) is 0.538. The van der Waals surface area contributed by atoms with Crippen LogP contribution in [-0.2, 0) is 0 Å². The van der Waals surface area contributed by atoms with Gasteiger partial charge in [0.15, 0.2) is 0 Å². The lowest BCUT2D eigenvalue weighted by Crippen LogP contribution is -2.57. The number of hydrogen-bond acceptors (Lipinski definition) is 2. The van der Waals surface area contributed by atoms with Gasteiger partial charge in [-0.2, -0.15) is 0 Å². The molecule has 0 heterocycles. The van der Waals surface area contributed by atoms with E-state index in [0.717, 1.165) is 6.42 Å². The van der Waals surface area contributed by atoms with Crippen molar-refractivity contribution in [3.63, 3.8) is 0 Å². The molecule has 0 amide bonds. The summed E-state index contributed by atoms with van der Waals surface area (Å²) in [7, 11) is 0. The standard InChI is InChI=1S/C13H16ClFO2/c1-3-13(2)11(16)7-12(13)17-8-4-5-9(14)10(15)6-8/h4-6,11-12,16H,3,7H2,1-2H3. The van der Waals surface area contributed by atoms with Crippen LogP contribution in [0.1, 0.15) is 26.7 Å². The fourth-order valence-electron chi connectivity index (χ4n) is 2.16. The van der Waals surface area contributed by atoms with Crippen molar-refractivity contribution in [1.82, 2.24) is 0 Å². The van der Waals surface area contributed by atoms with Crippen LogP contribution in [0.3, 0.4) is 0 Å². The Hall–Kier alpha value is -0.800. The molecule has 3 atom stereocenters. The highest BCUT2D eigenvalue weighted by molar-refractivity contribution is 6.30. The van der Waals surface area contributed by atoms with Gasteiger partial charge in [0.1, 0.15) is 17.7 Å². The zero-order chi connectivity index (χ0) is 12.6. The predicted octanol–water partition coefficient (Wildman–Crippen LogP) is 3.41. The molecule has 17 heavy (non-hydrogen) atoms. The Balaban J connectivity index is 2.09. The van der Waals surface area contributed by atoms with Crippen molar-refractivity contribution < 1.29 is 14.2 Å². The van der Waals surface area contributed by atoms with Gasteiger partial charge in [0.2, 0.25) is 0 Å². The van der Waals surface area contributed by atoms with E-state index in [1.165, 1.54) is 12.1 Å². The van der Waals surface area contributed by atoms with Gasteiger partial charge >= 0.3 is 0 Å². The van der Waals surface area contributed by atoms with E-state index in [9.17, 15) is 9.50 Å². The Morgan fingerprint density at radius 1 is 1.59 bits per heavy atom. The maximum atomic E-state index is 13.2.